The van der Waals surface area contributed by atoms with Gasteiger partial charge in [-0.05, 0) is 74.1 Å². The van der Waals surface area contributed by atoms with E-state index >= 15 is 0 Å². The van der Waals surface area contributed by atoms with Crippen molar-refractivity contribution in [2.45, 2.75) is 60.3 Å². The van der Waals surface area contributed by atoms with E-state index in [9.17, 15) is 15.0 Å². The van der Waals surface area contributed by atoms with Crippen LogP contribution in [0.1, 0.15) is 60.3 Å². The number of hydrogen-bond acceptors (Lipinski definition) is 6. The summed E-state index contributed by atoms with van der Waals surface area (Å²) in [5.74, 6) is -0.530. The Morgan fingerprint density at radius 2 is 1.80 bits per heavy atom. The van der Waals surface area contributed by atoms with Gasteiger partial charge >= 0.3 is 5.97 Å². The van der Waals surface area contributed by atoms with Gasteiger partial charge in [0.1, 0.15) is 5.76 Å². The number of nitrogens with zero attached hydrogens (tertiary/aromatic N) is 3. The van der Waals surface area contributed by atoms with E-state index in [0.717, 1.165) is 85.5 Å². The first-order valence-corrected chi connectivity index (χ1v) is 13.9. The molecule has 0 amide bonds. The monoisotopic (exact) mass is 534 g/mol. The van der Waals surface area contributed by atoms with Crippen LogP contribution in [0.25, 0.3) is 0 Å². The summed E-state index contributed by atoms with van der Waals surface area (Å²) in [6.45, 7) is 14.5. The Morgan fingerprint density at radius 3 is 2.50 bits per heavy atom. The molecule has 1 fully saturated rings. The Labute approximate surface area is 234 Å². The zero-order chi connectivity index (χ0) is 28.5. The second-order valence-corrected chi connectivity index (χ2v) is 11.2. The number of carbonyl (C=O) groups is 1. The highest BCUT2D eigenvalue weighted by Crippen LogP contribution is 2.46. The van der Waals surface area contributed by atoms with E-state index in [0.29, 0.717) is 18.6 Å². The fourth-order valence-corrected chi connectivity index (χ4v) is 6.66. The van der Waals surface area contributed by atoms with Crippen molar-refractivity contribution in [2.75, 3.05) is 0 Å². The van der Waals surface area contributed by atoms with Crippen LogP contribution in [0.5, 0.6) is 0 Å². The second-order valence-electron chi connectivity index (χ2n) is 11.2. The number of aliphatic carboxylic acids is 1. The molecule has 7 nitrogen and oxygen atoms in total. The molecule has 1 aliphatic carbocycles. The van der Waals surface area contributed by atoms with Crippen molar-refractivity contribution in [2.24, 2.45) is 26.8 Å². The molecule has 5 aliphatic heterocycles. The molecule has 3 N–H and O–H groups in total. The number of rotatable bonds is 5. The molecule has 0 spiro atoms. The lowest BCUT2D eigenvalue weighted by molar-refractivity contribution is -0.137. The highest BCUT2D eigenvalue weighted by Gasteiger charge is 2.41. The van der Waals surface area contributed by atoms with Crippen LogP contribution >= 0.6 is 0 Å². The number of carboxylic acids is 1. The largest absolute Gasteiger partial charge is 0.511 e. The van der Waals surface area contributed by atoms with Gasteiger partial charge in [-0.1, -0.05) is 26.5 Å². The van der Waals surface area contributed by atoms with E-state index in [-0.39, 0.29) is 18.3 Å². The van der Waals surface area contributed by atoms with Gasteiger partial charge in [0.15, 0.2) is 0 Å². The Balaban J connectivity index is 1.62. The number of fused-ring (bicyclic) bond motifs is 5. The summed E-state index contributed by atoms with van der Waals surface area (Å²) in [5.41, 5.74) is 13.9. The van der Waals surface area contributed by atoms with Gasteiger partial charge in [-0.15, -0.1) is 0 Å². The minimum atomic E-state index is -0.819. The number of carboxylic acid groups (broad SMARTS) is 1. The maximum atomic E-state index is 11.6. The van der Waals surface area contributed by atoms with Crippen LogP contribution in [-0.2, 0) is 4.79 Å². The quantitative estimate of drug-likeness (QED) is 0.364. The van der Waals surface area contributed by atoms with Gasteiger partial charge in [0.2, 0.25) is 0 Å². The number of nitrogens with one attached hydrogen (secondary N) is 1. The summed E-state index contributed by atoms with van der Waals surface area (Å²) >= 11 is 0. The predicted octanol–water partition coefficient (Wildman–Crippen LogP) is 6.71. The lowest BCUT2D eigenvalue weighted by atomic mass is 9.86. The number of hydrogen-bond donors (Lipinski definition) is 3. The topological polar surface area (TPSA) is 107 Å². The van der Waals surface area contributed by atoms with E-state index in [2.05, 4.69) is 45.7 Å². The Hall–Kier alpha value is -4.26. The van der Waals surface area contributed by atoms with Gasteiger partial charge in [0.25, 0.3) is 0 Å². The third kappa shape index (κ3) is 3.86. The molecule has 1 unspecified atom stereocenters. The molecule has 1 saturated heterocycles. The average Bonchev–Trinajstić information content (AvgIpc) is 3.65. The molecule has 0 aromatic heterocycles. The van der Waals surface area contributed by atoms with Crippen molar-refractivity contribution < 1.29 is 15.0 Å². The molecule has 8 bridgehead atoms. The summed E-state index contributed by atoms with van der Waals surface area (Å²) in [4.78, 5) is 26.7. The van der Waals surface area contributed by atoms with Crippen molar-refractivity contribution in [3.05, 3.63) is 104 Å². The molecule has 5 heterocycles. The third-order valence-corrected chi connectivity index (χ3v) is 8.97. The fraction of sp³-hybridized carbons (Fsp3) is 0.333. The lowest BCUT2D eigenvalue weighted by Crippen LogP contribution is -2.15. The maximum Gasteiger partial charge on any atom is 0.303 e. The summed E-state index contributed by atoms with van der Waals surface area (Å²) in [7, 11) is 0. The molecular formula is C33H34N4O3. The van der Waals surface area contributed by atoms with Crippen LogP contribution in [0, 0.1) is 11.8 Å². The number of aliphatic imine (C=N–C) groups is 3. The summed E-state index contributed by atoms with van der Waals surface area (Å²) in [6, 6.07) is 0. The first-order chi connectivity index (χ1) is 19.1. The first kappa shape index (κ1) is 26.0. The van der Waals surface area contributed by atoms with Crippen molar-refractivity contribution >= 4 is 23.1 Å². The van der Waals surface area contributed by atoms with Crippen molar-refractivity contribution in [3.63, 3.8) is 0 Å². The van der Waals surface area contributed by atoms with Gasteiger partial charge < -0.3 is 15.5 Å². The smallest absolute Gasteiger partial charge is 0.303 e. The number of aliphatic hydroxyl groups excluding tert-OH is 1. The Bertz CT molecular complexity index is 1660. The van der Waals surface area contributed by atoms with Crippen LogP contribution in [0.3, 0.4) is 0 Å². The zero-order valence-corrected chi connectivity index (χ0v) is 23.6. The zero-order valence-electron chi connectivity index (χ0n) is 23.6. The van der Waals surface area contributed by atoms with E-state index in [1.54, 1.807) is 0 Å². The molecule has 0 radical (unpaired) electrons. The Kier molecular flexibility index (Phi) is 6.13. The normalized spacial score (nSPS) is 25.3. The molecule has 6 aliphatic rings. The molecule has 6 rings (SSSR count). The molecule has 0 aromatic rings. The minimum Gasteiger partial charge on any atom is -0.511 e. The standard InChI is InChI=1S/C33H34N4O3/c1-7-19-15(3)23-12-25-17(5)21(9-10-30(39)40)32(36-25)22-11-29(38)31-18(6)26(37-33(22)31)14-28-20(8-2)16(4)24(35-28)13-27(19)34-23/h7,12-14,17,21,36,38H,1,8-11H2,2-6H3,(H,39,40)/t17-,21?/m0/s1. The van der Waals surface area contributed by atoms with Gasteiger partial charge in [-0.2, -0.15) is 0 Å². The molecule has 2 atom stereocenters. The molecule has 0 saturated carbocycles. The van der Waals surface area contributed by atoms with E-state index in [1.165, 1.54) is 5.57 Å². The SMILES string of the molecule is C=CC1=C(C)C2=NC1=CC1=NC(=CC3=C(C)C4=C(O)CC(=C5NC(=C2)[C@@H](C)C5CCC(=O)O)C4=N3)C(CC)=C1C. The van der Waals surface area contributed by atoms with Gasteiger partial charge in [0.05, 0.1) is 34.2 Å². The van der Waals surface area contributed by atoms with Crippen molar-refractivity contribution in [1.29, 1.82) is 0 Å². The van der Waals surface area contributed by atoms with Crippen molar-refractivity contribution in [3.8, 4) is 0 Å². The molecule has 40 heavy (non-hydrogen) atoms. The molecule has 0 aromatic carbocycles. The summed E-state index contributed by atoms with van der Waals surface area (Å²) in [5, 5.41) is 24.3. The first-order valence-electron chi connectivity index (χ1n) is 13.9. The van der Waals surface area contributed by atoms with Gasteiger partial charge in [-0.3, -0.25) is 4.79 Å². The highest BCUT2D eigenvalue weighted by molar-refractivity contribution is 6.21. The maximum absolute atomic E-state index is 11.6. The third-order valence-electron chi connectivity index (χ3n) is 8.97. The van der Waals surface area contributed by atoms with Crippen LogP contribution in [0.15, 0.2) is 119 Å². The minimum absolute atomic E-state index is 0.0368. The second kappa shape index (κ2) is 9.44. The van der Waals surface area contributed by atoms with Crippen LogP contribution in [-0.4, -0.2) is 33.3 Å². The number of allylic oxidation sites excluding steroid dienone is 12. The molecule has 7 heteroatoms. The number of aliphatic hydroxyl groups is 1. The molecular weight excluding hydrogens is 500 g/mol. The average molecular weight is 535 g/mol. The van der Waals surface area contributed by atoms with Crippen molar-refractivity contribution in [1.82, 2.24) is 5.32 Å². The fourth-order valence-electron chi connectivity index (χ4n) is 6.66. The van der Waals surface area contributed by atoms with Crippen LogP contribution < -0.4 is 5.32 Å². The summed E-state index contributed by atoms with van der Waals surface area (Å²) < 4.78 is 0. The van der Waals surface area contributed by atoms with E-state index in [4.69, 9.17) is 15.0 Å². The lowest BCUT2D eigenvalue weighted by Gasteiger charge is -2.17. The summed E-state index contributed by atoms with van der Waals surface area (Å²) in [6.07, 6.45) is 9.74. The van der Waals surface area contributed by atoms with Crippen LogP contribution in [0.2, 0.25) is 0 Å². The van der Waals surface area contributed by atoms with Crippen LogP contribution in [0.4, 0.5) is 0 Å². The van der Waals surface area contributed by atoms with Gasteiger partial charge in [0, 0.05) is 52.8 Å². The highest BCUT2D eigenvalue weighted by atomic mass is 16.4. The predicted molar refractivity (Wildman–Crippen MR) is 159 cm³/mol. The van der Waals surface area contributed by atoms with E-state index < -0.39 is 5.97 Å². The van der Waals surface area contributed by atoms with Gasteiger partial charge in [-0.25, -0.2) is 15.0 Å². The Morgan fingerprint density at radius 1 is 1.07 bits per heavy atom. The molecule has 204 valence electrons. The van der Waals surface area contributed by atoms with E-state index in [1.807, 2.05) is 25.2 Å².